The monoisotopic (exact) mass is 449 g/mol. The van der Waals surface area contributed by atoms with E-state index in [1.807, 2.05) is 40.3 Å². The molecule has 3 aliphatic rings. The van der Waals surface area contributed by atoms with Gasteiger partial charge in [0.25, 0.3) is 0 Å². The molecule has 8 nitrogen and oxygen atoms in total. The van der Waals surface area contributed by atoms with E-state index in [2.05, 4.69) is 24.8 Å². The molecular formula is C25H31N5O3. The van der Waals surface area contributed by atoms with Crippen molar-refractivity contribution < 1.29 is 14.3 Å². The fraction of sp³-hybridized carbons (Fsp3) is 0.480. The van der Waals surface area contributed by atoms with Crippen LogP contribution in [0.4, 0.5) is 16.2 Å². The van der Waals surface area contributed by atoms with Gasteiger partial charge < -0.3 is 14.4 Å². The highest BCUT2D eigenvalue weighted by molar-refractivity contribution is 6.19. The van der Waals surface area contributed by atoms with Crippen LogP contribution in [0.1, 0.15) is 31.5 Å². The number of ether oxygens (including phenoxy) is 2. The molecule has 4 heterocycles. The van der Waals surface area contributed by atoms with Gasteiger partial charge in [0, 0.05) is 13.1 Å². The van der Waals surface area contributed by atoms with Gasteiger partial charge in [-0.1, -0.05) is 26.0 Å². The number of aromatic nitrogens is 1. The summed E-state index contributed by atoms with van der Waals surface area (Å²) in [5, 5.41) is 0. The Bertz CT molecular complexity index is 1050. The lowest BCUT2D eigenvalue weighted by atomic mass is 10.0. The molecule has 2 aromatic rings. The van der Waals surface area contributed by atoms with Crippen molar-refractivity contribution in [3.63, 3.8) is 0 Å². The molecule has 1 unspecified atom stereocenters. The maximum absolute atomic E-state index is 13.9. The highest BCUT2D eigenvalue weighted by Crippen LogP contribution is 2.36. The molecule has 33 heavy (non-hydrogen) atoms. The van der Waals surface area contributed by atoms with Crippen LogP contribution in [0.15, 0.2) is 41.5 Å². The van der Waals surface area contributed by atoms with Gasteiger partial charge in [0.15, 0.2) is 5.84 Å². The van der Waals surface area contributed by atoms with Gasteiger partial charge in [-0.05, 0) is 36.1 Å². The lowest BCUT2D eigenvalue weighted by Crippen LogP contribution is -2.53. The fourth-order valence-electron chi connectivity index (χ4n) is 4.80. The fourth-order valence-corrected chi connectivity index (χ4v) is 4.80. The number of aliphatic imine (C=N–C) groups is 1. The van der Waals surface area contributed by atoms with E-state index in [4.69, 9.17) is 19.5 Å². The van der Waals surface area contributed by atoms with Gasteiger partial charge in [-0.25, -0.2) is 9.78 Å². The molecule has 0 saturated carbocycles. The summed E-state index contributed by atoms with van der Waals surface area (Å²) < 4.78 is 10.8. The molecule has 1 fully saturated rings. The second-order valence-electron chi connectivity index (χ2n) is 9.20. The van der Waals surface area contributed by atoms with Crippen LogP contribution in [-0.2, 0) is 11.3 Å². The van der Waals surface area contributed by atoms with Gasteiger partial charge in [0.2, 0.25) is 0 Å². The van der Waals surface area contributed by atoms with Crippen molar-refractivity contribution in [2.45, 2.75) is 32.9 Å². The number of hydrogen-bond donors (Lipinski definition) is 0. The molecule has 1 aromatic carbocycles. The number of amidine groups is 1. The minimum atomic E-state index is -0.0267. The molecule has 2 amide bonds. The van der Waals surface area contributed by atoms with Crippen molar-refractivity contribution in [2.75, 3.05) is 49.8 Å². The minimum absolute atomic E-state index is 0.0267. The zero-order valence-corrected chi connectivity index (χ0v) is 19.5. The van der Waals surface area contributed by atoms with Crippen LogP contribution >= 0.6 is 0 Å². The summed E-state index contributed by atoms with van der Waals surface area (Å²) in [6.07, 6.45) is 2.82. The van der Waals surface area contributed by atoms with Crippen LogP contribution in [0.5, 0.6) is 5.75 Å². The Hall–Kier alpha value is -3.13. The third kappa shape index (κ3) is 4.15. The summed E-state index contributed by atoms with van der Waals surface area (Å²) in [6, 6.07) is 9.99. The number of carbonyl (C=O) groups excluding carboxylic acids is 1. The maximum atomic E-state index is 13.9. The van der Waals surface area contributed by atoms with Crippen LogP contribution < -0.4 is 14.5 Å². The van der Waals surface area contributed by atoms with E-state index in [0.717, 1.165) is 47.9 Å². The zero-order chi connectivity index (χ0) is 22.9. The first-order valence-electron chi connectivity index (χ1n) is 11.7. The van der Waals surface area contributed by atoms with E-state index in [0.29, 0.717) is 38.1 Å². The quantitative estimate of drug-likeness (QED) is 0.675. The van der Waals surface area contributed by atoms with Crippen molar-refractivity contribution in [1.82, 2.24) is 9.88 Å². The number of nitrogens with zero attached hydrogens (tertiary/aromatic N) is 5. The Labute approximate surface area is 194 Å². The average molecular weight is 450 g/mol. The van der Waals surface area contributed by atoms with Gasteiger partial charge >= 0.3 is 6.03 Å². The third-order valence-corrected chi connectivity index (χ3v) is 6.46. The molecule has 0 spiro atoms. The smallest absolute Gasteiger partial charge is 0.330 e. The van der Waals surface area contributed by atoms with E-state index >= 15 is 0 Å². The summed E-state index contributed by atoms with van der Waals surface area (Å²) in [5.74, 6) is 1.98. The molecule has 0 radical (unpaired) electrons. The van der Waals surface area contributed by atoms with Gasteiger partial charge in [0.1, 0.15) is 11.4 Å². The summed E-state index contributed by atoms with van der Waals surface area (Å²) in [4.78, 5) is 29.5. The third-order valence-electron chi connectivity index (χ3n) is 6.46. The number of benzene rings is 1. The van der Waals surface area contributed by atoms with Crippen LogP contribution in [0, 0.1) is 5.92 Å². The van der Waals surface area contributed by atoms with Crippen molar-refractivity contribution in [3.8, 4) is 5.75 Å². The summed E-state index contributed by atoms with van der Waals surface area (Å²) >= 11 is 0. The minimum Gasteiger partial charge on any atom is -0.497 e. The summed E-state index contributed by atoms with van der Waals surface area (Å²) in [7, 11) is 1.65. The van der Waals surface area contributed by atoms with E-state index in [9.17, 15) is 4.79 Å². The van der Waals surface area contributed by atoms with E-state index in [1.54, 1.807) is 7.11 Å². The molecule has 0 bridgehead atoms. The van der Waals surface area contributed by atoms with Crippen molar-refractivity contribution in [3.05, 3.63) is 47.8 Å². The second-order valence-corrected chi connectivity index (χ2v) is 9.20. The summed E-state index contributed by atoms with van der Waals surface area (Å²) in [5.41, 5.74) is 3.65. The van der Waals surface area contributed by atoms with Crippen LogP contribution in [0.25, 0.3) is 0 Å². The van der Waals surface area contributed by atoms with E-state index in [1.165, 1.54) is 0 Å². The number of rotatable bonds is 6. The number of anilines is 2. The largest absolute Gasteiger partial charge is 0.497 e. The zero-order valence-electron chi connectivity index (χ0n) is 19.5. The SMILES string of the molecule is COc1ccc(CN2C(=O)N3C(=NCC3CC(C)C)c3ncc(N4CCOCC4)cc32)cc1. The summed E-state index contributed by atoms with van der Waals surface area (Å²) in [6.45, 7) is 8.48. The topological polar surface area (TPSA) is 70.5 Å². The Kier molecular flexibility index (Phi) is 5.93. The van der Waals surface area contributed by atoms with Crippen LogP contribution in [-0.4, -0.2) is 67.8 Å². The van der Waals surface area contributed by atoms with Crippen molar-refractivity contribution in [2.24, 2.45) is 10.9 Å². The molecule has 1 saturated heterocycles. The highest BCUT2D eigenvalue weighted by atomic mass is 16.5. The Balaban J connectivity index is 1.53. The first-order chi connectivity index (χ1) is 16.0. The molecule has 1 atom stereocenters. The molecule has 1 aromatic heterocycles. The van der Waals surface area contributed by atoms with Gasteiger partial charge in [-0.3, -0.25) is 14.8 Å². The second kappa shape index (κ2) is 9.02. The number of urea groups is 1. The maximum Gasteiger partial charge on any atom is 0.330 e. The normalized spacial score (nSPS) is 20.1. The Morgan fingerprint density at radius 2 is 1.94 bits per heavy atom. The number of morpholine rings is 1. The van der Waals surface area contributed by atoms with Gasteiger partial charge in [0.05, 0.1) is 57.0 Å². The average Bonchev–Trinajstić information content (AvgIpc) is 3.25. The Morgan fingerprint density at radius 3 is 2.64 bits per heavy atom. The molecule has 5 rings (SSSR count). The lowest BCUT2D eigenvalue weighted by Gasteiger charge is -2.39. The predicted molar refractivity (Wildman–Crippen MR) is 128 cm³/mol. The number of carbonyl (C=O) groups is 1. The van der Waals surface area contributed by atoms with E-state index < -0.39 is 0 Å². The molecule has 174 valence electrons. The Morgan fingerprint density at radius 1 is 1.18 bits per heavy atom. The van der Waals surface area contributed by atoms with Crippen molar-refractivity contribution in [1.29, 1.82) is 0 Å². The molecule has 0 aliphatic carbocycles. The number of hydrogen-bond acceptors (Lipinski definition) is 6. The van der Waals surface area contributed by atoms with E-state index in [-0.39, 0.29) is 12.1 Å². The first-order valence-corrected chi connectivity index (χ1v) is 11.7. The molecule has 0 N–H and O–H groups in total. The molecule has 8 heteroatoms. The predicted octanol–water partition coefficient (Wildman–Crippen LogP) is 3.54. The van der Waals surface area contributed by atoms with Gasteiger partial charge in [-0.2, -0.15) is 0 Å². The number of pyridine rings is 1. The first kappa shape index (κ1) is 21.7. The van der Waals surface area contributed by atoms with Crippen molar-refractivity contribution >= 4 is 23.2 Å². The molecule has 3 aliphatic heterocycles. The number of amides is 2. The number of methoxy groups -OCH3 is 1. The lowest BCUT2D eigenvalue weighted by molar-refractivity contribution is 0.122. The van der Waals surface area contributed by atoms with Crippen LogP contribution in [0.3, 0.4) is 0 Å². The van der Waals surface area contributed by atoms with Gasteiger partial charge in [-0.15, -0.1) is 0 Å². The van der Waals surface area contributed by atoms with Crippen LogP contribution in [0.2, 0.25) is 0 Å². The molecular weight excluding hydrogens is 418 g/mol. The highest BCUT2D eigenvalue weighted by Gasteiger charge is 2.43. The number of fused-ring (bicyclic) bond motifs is 3. The standard InChI is InChI=1S/C25H31N5O3/c1-17(2)12-20-15-27-24-23-22(13-19(14-26-23)28-8-10-33-11-9-28)29(25(31)30(20)24)16-18-4-6-21(32-3)7-5-18/h4-7,13-14,17,20H,8-12,15-16H2,1-3H3.